The summed E-state index contributed by atoms with van der Waals surface area (Å²) < 4.78 is 11.1. The van der Waals surface area contributed by atoms with E-state index in [0.717, 1.165) is 5.56 Å². The third-order valence-electron chi connectivity index (χ3n) is 3.27. The fourth-order valence-corrected chi connectivity index (χ4v) is 2.18. The zero-order valence-electron chi connectivity index (χ0n) is 13.6. The van der Waals surface area contributed by atoms with Crippen molar-refractivity contribution in [2.24, 2.45) is 0 Å². The molecule has 0 aliphatic carbocycles. The first kappa shape index (κ1) is 16.7. The number of amides is 1. The standard InChI is InChI=1S/C18H22N2O3/c1-12(2)20-18(21)14-9-10-15(17(22-3)16(14)19)23-11-13-7-5-4-6-8-13/h4-10,12H,11,19H2,1-3H3,(H,20,21). The Morgan fingerprint density at radius 1 is 1.17 bits per heavy atom. The quantitative estimate of drug-likeness (QED) is 0.804. The van der Waals surface area contributed by atoms with E-state index in [2.05, 4.69) is 5.32 Å². The van der Waals surface area contributed by atoms with Gasteiger partial charge < -0.3 is 20.5 Å². The zero-order chi connectivity index (χ0) is 16.8. The van der Waals surface area contributed by atoms with Crippen LogP contribution >= 0.6 is 0 Å². The molecule has 0 unspecified atom stereocenters. The van der Waals surface area contributed by atoms with Crippen LogP contribution in [0.4, 0.5) is 5.69 Å². The van der Waals surface area contributed by atoms with Gasteiger partial charge in [0.15, 0.2) is 11.5 Å². The van der Waals surface area contributed by atoms with Crippen molar-refractivity contribution in [1.29, 1.82) is 0 Å². The normalized spacial score (nSPS) is 10.4. The largest absolute Gasteiger partial charge is 0.491 e. The number of carbonyl (C=O) groups excluding carboxylic acids is 1. The number of nitrogens with one attached hydrogen (secondary N) is 1. The summed E-state index contributed by atoms with van der Waals surface area (Å²) in [5.41, 5.74) is 7.76. The Bertz CT molecular complexity index is 669. The number of hydrogen-bond donors (Lipinski definition) is 2. The van der Waals surface area contributed by atoms with Gasteiger partial charge in [-0.05, 0) is 31.5 Å². The van der Waals surface area contributed by atoms with Crippen molar-refractivity contribution >= 4 is 11.6 Å². The van der Waals surface area contributed by atoms with Gasteiger partial charge in [-0.1, -0.05) is 30.3 Å². The topological polar surface area (TPSA) is 73.6 Å². The molecule has 0 saturated carbocycles. The van der Waals surface area contributed by atoms with Gasteiger partial charge in [-0.25, -0.2) is 0 Å². The van der Waals surface area contributed by atoms with Gasteiger partial charge in [0.25, 0.3) is 5.91 Å². The minimum Gasteiger partial charge on any atom is -0.491 e. The molecule has 0 fully saturated rings. The lowest BCUT2D eigenvalue weighted by molar-refractivity contribution is 0.0943. The van der Waals surface area contributed by atoms with Crippen LogP contribution < -0.4 is 20.5 Å². The van der Waals surface area contributed by atoms with E-state index in [-0.39, 0.29) is 17.6 Å². The van der Waals surface area contributed by atoms with Crippen molar-refractivity contribution in [1.82, 2.24) is 5.32 Å². The van der Waals surface area contributed by atoms with E-state index in [0.29, 0.717) is 23.7 Å². The van der Waals surface area contributed by atoms with Crippen molar-refractivity contribution in [3.05, 3.63) is 53.6 Å². The predicted octanol–water partition coefficient (Wildman–Crippen LogP) is 2.99. The Morgan fingerprint density at radius 3 is 2.48 bits per heavy atom. The predicted molar refractivity (Wildman–Crippen MR) is 90.8 cm³/mol. The number of nitrogen functional groups attached to an aromatic ring is 1. The molecule has 0 spiro atoms. The molecule has 0 aromatic heterocycles. The van der Waals surface area contributed by atoms with E-state index >= 15 is 0 Å². The summed E-state index contributed by atoms with van der Waals surface area (Å²) in [6.07, 6.45) is 0. The van der Waals surface area contributed by atoms with E-state index in [1.165, 1.54) is 7.11 Å². The first-order valence-corrected chi connectivity index (χ1v) is 7.47. The average Bonchev–Trinajstić information content (AvgIpc) is 2.53. The van der Waals surface area contributed by atoms with Crippen LogP contribution in [-0.2, 0) is 6.61 Å². The third-order valence-corrected chi connectivity index (χ3v) is 3.27. The van der Waals surface area contributed by atoms with Gasteiger partial charge in [0.2, 0.25) is 0 Å². The van der Waals surface area contributed by atoms with E-state index < -0.39 is 0 Å². The summed E-state index contributed by atoms with van der Waals surface area (Å²) in [6, 6.07) is 13.2. The molecule has 2 rings (SSSR count). The SMILES string of the molecule is COc1c(OCc2ccccc2)ccc(C(=O)NC(C)C)c1N. The number of methoxy groups -OCH3 is 1. The highest BCUT2D eigenvalue weighted by atomic mass is 16.5. The van der Waals surface area contributed by atoms with E-state index in [1.54, 1.807) is 12.1 Å². The maximum atomic E-state index is 12.1. The number of benzene rings is 2. The number of nitrogens with two attached hydrogens (primary N) is 1. The first-order valence-electron chi connectivity index (χ1n) is 7.47. The molecule has 0 bridgehead atoms. The molecule has 0 saturated heterocycles. The van der Waals surface area contributed by atoms with Gasteiger partial charge in [0.05, 0.1) is 18.4 Å². The Hall–Kier alpha value is -2.69. The first-order chi connectivity index (χ1) is 11.0. The average molecular weight is 314 g/mol. The molecule has 0 aliphatic heterocycles. The molecular formula is C18H22N2O3. The number of ether oxygens (including phenoxy) is 2. The molecule has 5 nitrogen and oxygen atoms in total. The zero-order valence-corrected chi connectivity index (χ0v) is 13.6. The molecule has 0 atom stereocenters. The molecule has 3 N–H and O–H groups in total. The fourth-order valence-electron chi connectivity index (χ4n) is 2.18. The molecule has 122 valence electrons. The van der Waals surface area contributed by atoms with Crippen molar-refractivity contribution in [2.75, 3.05) is 12.8 Å². The molecule has 5 heteroatoms. The van der Waals surface area contributed by atoms with Gasteiger partial charge in [0, 0.05) is 6.04 Å². The highest BCUT2D eigenvalue weighted by molar-refractivity contribution is 6.01. The van der Waals surface area contributed by atoms with Crippen molar-refractivity contribution in [3.8, 4) is 11.5 Å². The summed E-state index contributed by atoms with van der Waals surface area (Å²) in [5, 5.41) is 2.81. The third kappa shape index (κ3) is 4.16. The van der Waals surface area contributed by atoms with Gasteiger partial charge in [-0.15, -0.1) is 0 Å². The lowest BCUT2D eigenvalue weighted by Crippen LogP contribution is -2.30. The Morgan fingerprint density at radius 2 is 1.87 bits per heavy atom. The summed E-state index contributed by atoms with van der Waals surface area (Å²) in [4.78, 5) is 12.1. The van der Waals surface area contributed by atoms with Crippen LogP contribution in [0.3, 0.4) is 0 Å². The van der Waals surface area contributed by atoms with Crippen LogP contribution in [0.5, 0.6) is 11.5 Å². The van der Waals surface area contributed by atoms with E-state index in [4.69, 9.17) is 15.2 Å². The van der Waals surface area contributed by atoms with Crippen molar-refractivity contribution in [2.45, 2.75) is 26.5 Å². The van der Waals surface area contributed by atoms with Crippen LogP contribution in [0.1, 0.15) is 29.8 Å². The van der Waals surface area contributed by atoms with Crippen LogP contribution in [0.2, 0.25) is 0 Å². The van der Waals surface area contributed by atoms with Gasteiger partial charge in [-0.3, -0.25) is 4.79 Å². The molecule has 23 heavy (non-hydrogen) atoms. The molecule has 0 radical (unpaired) electrons. The smallest absolute Gasteiger partial charge is 0.253 e. The van der Waals surface area contributed by atoms with Crippen LogP contribution in [0, 0.1) is 0 Å². The monoisotopic (exact) mass is 314 g/mol. The molecule has 0 aliphatic rings. The number of rotatable bonds is 6. The number of hydrogen-bond acceptors (Lipinski definition) is 4. The second kappa shape index (κ2) is 7.54. The summed E-state index contributed by atoms with van der Waals surface area (Å²) in [7, 11) is 1.51. The lowest BCUT2D eigenvalue weighted by atomic mass is 10.1. The van der Waals surface area contributed by atoms with Crippen molar-refractivity contribution < 1.29 is 14.3 Å². The number of anilines is 1. The summed E-state index contributed by atoms with van der Waals surface area (Å²) >= 11 is 0. The summed E-state index contributed by atoms with van der Waals surface area (Å²) in [5.74, 6) is 0.651. The van der Waals surface area contributed by atoms with Crippen LogP contribution in [0.25, 0.3) is 0 Å². The Labute approximate surface area is 136 Å². The highest BCUT2D eigenvalue weighted by Crippen LogP contribution is 2.36. The van der Waals surface area contributed by atoms with Crippen molar-refractivity contribution in [3.63, 3.8) is 0 Å². The maximum absolute atomic E-state index is 12.1. The van der Waals surface area contributed by atoms with Gasteiger partial charge >= 0.3 is 0 Å². The molecule has 2 aromatic carbocycles. The lowest BCUT2D eigenvalue weighted by Gasteiger charge is -2.16. The fraction of sp³-hybridized carbons (Fsp3) is 0.278. The van der Waals surface area contributed by atoms with Gasteiger partial charge in [0.1, 0.15) is 6.61 Å². The Kier molecular flexibility index (Phi) is 5.46. The van der Waals surface area contributed by atoms with Crippen LogP contribution in [0.15, 0.2) is 42.5 Å². The number of carbonyl (C=O) groups is 1. The van der Waals surface area contributed by atoms with E-state index in [9.17, 15) is 4.79 Å². The highest BCUT2D eigenvalue weighted by Gasteiger charge is 2.18. The molecule has 1 amide bonds. The molecular weight excluding hydrogens is 292 g/mol. The molecule has 0 heterocycles. The maximum Gasteiger partial charge on any atom is 0.253 e. The van der Waals surface area contributed by atoms with Gasteiger partial charge in [-0.2, -0.15) is 0 Å². The van der Waals surface area contributed by atoms with Crippen LogP contribution in [-0.4, -0.2) is 19.1 Å². The second-order valence-electron chi connectivity index (χ2n) is 5.46. The Balaban J connectivity index is 2.21. The second-order valence-corrected chi connectivity index (χ2v) is 5.46. The minimum atomic E-state index is -0.231. The van der Waals surface area contributed by atoms with E-state index in [1.807, 2.05) is 44.2 Å². The minimum absolute atomic E-state index is 0.0295. The molecule has 2 aromatic rings. The summed E-state index contributed by atoms with van der Waals surface area (Å²) in [6.45, 7) is 4.18.